The molecule has 6 nitrogen and oxygen atoms in total. The summed E-state index contributed by atoms with van der Waals surface area (Å²) >= 11 is 7.67. The number of thioether (sulfide) groups is 1. The molecule has 0 bridgehead atoms. The molecule has 1 aromatic heterocycles. The fourth-order valence-electron chi connectivity index (χ4n) is 3.10. The minimum atomic E-state index is 0.0312. The zero-order valence-corrected chi connectivity index (χ0v) is 20.0. The van der Waals surface area contributed by atoms with Crippen LogP contribution in [0.2, 0.25) is 5.02 Å². The van der Waals surface area contributed by atoms with Crippen LogP contribution in [-0.2, 0) is 5.75 Å². The Morgan fingerprint density at radius 3 is 2.52 bits per heavy atom. The molecule has 1 N–H and O–H groups in total. The number of rotatable bonds is 9. The molecule has 0 saturated carbocycles. The summed E-state index contributed by atoms with van der Waals surface area (Å²) < 4.78 is 7.85. The summed E-state index contributed by atoms with van der Waals surface area (Å²) in [4.78, 5) is 13.1. The number of carbonyl (C=O) groups excluding carboxylic acids is 1. The van der Waals surface area contributed by atoms with Crippen molar-refractivity contribution in [2.75, 3.05) is 20.7 Å². The molecule has 3 rings (SSSR count). The Morgan fingerprint density at radius 2 is 1.90 bits per heavy atom. The predicted octanol–water partition coefficient (Wildman–Crippen LogP) is 4.02. The molecular weight excluding hydrogens is 432 g/mol. The lowest BCUT2D eigenvalue weighted by Crippen LogP contribution is -3.05. The molecule has 0 aliphatic carbocycles. The molecule has 0 amide bonds. The number of hydrogen-bond donors (Lipinski definition) is 1. The topological polar surface area (TPSA) is 61.4 Å². The first kappa shape index (κ1) is 23.3. The second kappa shape index (κ2) is 10.3. The van der Waals surface area contributed by atoms with Gasteiger partial charge in [-0.25, -0.2) is 0 Å². The first-order valence-corrected chi connectivity index (χ1v) is 11.6. The molecule has 0 unspecified atom stereocenters. The smallest absolute Gasteiger partial charge is 0.196 e. The van der Waals surface area contributed by atoms with Gasteiger partial charge in [0.1, 0.15) is 11.8 Å². The van der Waals surface area contributed by atoms with Crippen LogP contribution < -0.4 is 9.64 Å². The van der Waals surface area contributed by atoms with Gasteiger partial charge in [0.25, 0.3) is 0 Å². The van der Waals surface area contributed by atoms with Crippen LogP contribution in [0.1, 0.15) is 48.6 Å². The number of nitrogens with one attached hydrogen (secondary N) is 1. The van der Waals surface area contributed by atoms with Gasteiger partial charge >= 0.3 is 0 Å². The van der Waals surface area contributed by atoms with Crippen LogP contribution in [0, 0.1) is 0 Å². The van der Waals surface area contributed by atoms with Crippen molar-refractivity contribution in [2.24, 2.45) is 0 Å². The summed E-state index contributed by atoms with van der Waals surface area (Å²) in [5.74, 6) is 2.30. The number of quaternary nitrogens is 1. The highest BCUT2D eigenvalue weighted by Gasteiger charge is 2.23. The van der Waals surface area contributed by atoms with Crippen LogP contribution in [0.4, 0.5) is 0 Å². The van der Waals surface area contributed by atoms with E-state index in [4.69, 9.17) is 16.3 Å². The van der Waals surface area contributed by atoms with Gasteiger partial charge in [0, 0.05) is 27.6 Å². The van der Waals surface area contributed by atoms with E-state index in [0.717, 1.165) is 28.0 Å². The second-order valence-corrected chi connectivity index (χ2v) is 8.93. The monoisotopic (exact) mass is 459 g/mol. The Morgan fingerprint density at radius 1 is 1.19 bits per heavy atom. The van der Waals surface area contributed by atoms with Crippen molar-refractivity contribution in [2.45, 2.75) is 37.7 Å². The van der Waals surface area contributed by atoms with Gasteiger partial charge in [-0.05, 0) is 63.2 Å². The van der Waals surface area contributed by atoms with E-state index in [9.17, 15) is 4.79 Å². The minimum Gasteiger partial charge on any atom is -0.494 e. The third kappa shape index (κ3) is 5.47. The molecule has 2 aromatic carbocycles. The lowest BCUT2D eigenvalue weighted by molar-refractivity contribution is -0.890. The molecule has 0 aliphatic heterocycles. The van der Waals surface area contributed by atoms with Gasteiger partial charge in [-0.3, -0.25) is 9.36 Å². The van der Waals surface area contributed by atoms with E-state index in [1.165, 1.54) is 4.90 Å². The van der Waals surface area contributed by atoms with Gasteiger partial charge in [0.2, 0.25) is 0 Å². The summed E-state index contributed by atoms with van der Waals surface area (Å²) in [6.45, 7) is 6.21. The number of nitrogens with zero attached hydrogens (tertiary/aromatic N) is 3. The molecule has 0 fully saturated rings. The summed E-state index contributed by atoms with van der Waals surface area (Å²) in [5.41, 5.74) is 2.59. The standard InChI is InChI=1S/C23H27ClN4O2S/c1-6-30-21-12-7-17(16(3)29)13-18(21)14-31-23-26-25-22(15(2)27(4)5)28(23)20-10-8-19(24)9-11-20/h7-13,15H,6,14H2,1-5H3/p+1/t15-/m1/s1. The maximum atomic E-state index is 11.9. The van der Waals surface area contributed by atoms with Gasteiger partial charge < -0.3 is 9.64 Å². The third-order valence-electron chi connectivity index (χ3n) is 5.12. The Bertz CT molecular complexity index is 1050. The molecule has 0 radical (unpaired) electrons. The quantitative estimate of drug-likeness (QED) is 0.387. The molecule has 3 aromatic rings. The van der Waals surface area contributed by atoms with E-state index in [0.29, 0.717) is 22.9 Å². The molecule has 0 spiro atoms. The van der Waals surface area contributed by atoms with Gasteiger partial charge in [0.15, 0.2) is 16.8 Å². The SMILES string of the molecule is CCOc1ccc(C(C)=O)cc1CSc1nnc([C@@H](C)[NH+](C)C)n1-c1ccc(Cl)cc1. The van der Waals surface area contributed by atoms with Crippen LogP contribution in [0.3, 0.4) is 0 Å². The van der Waals surface area contributed by atoms with Gasteiger partial charge in [-0.1, -0.05) is 23.4 Å². The molecule has 31 heavy (non-hydrogen) atoms. The predicted molar refractivity (Wildman–Crippen MR) is 125 cm³/mol. The van der Waals surface area contributed by atoms with E-state index < -0.39 is 0 Å². The molecule has 1 heterocycles. The Kier molecular flexibility index (Phi) is 7.75. The average Bonchev–Trinajstić information content (AvgIpc) is 3.16. The number of Topliss-reactive ketones (excluding diaryl/α,β-unsaturated/α-hetero) is 1. The molecule has 0 saturated heterocycles. The molecule has 164 valence electrons. The minimum absolute atomic E-state index is 0.0312. The first-order valence-electron chi connectivity index (χ1n) is 10.2. The first-order chi connectivity index (χ1) is 14.8. The number of carbonyl (C=O) groups is 1. The second-order valence-electron chi connectivity index (χ2n) is 7.55. The molecule has 0 aliphatic rings. The number of ether oxygens (including phenoxy) is 1. The maximum absolute atomic E-state index is 11.9. The lowest BCUT2D eigenvalue weighted by Gasteiger charge is -2.18. The van der Waals surface area contributed by atoms with Crippen molar-refractivity contribution in [3.05, 3.63) is 64.4 Å². The zero-order valence-electron chi connectivity index (χ0n) is 18.5. The van der Waals surface area contributed by atoms with E-state index in [1.807, 2.05) is 43.3 Å². The fraction of sp³-hybridized carbons (Fsp3) is 0.348. The van der Waals surface area contributed by atoms with Crippen molar-refractivity contribution >= 4 is 29.1 Å². The maximum Gasteiger partial charge on any atom is 0.196 e. The van der Waals surface area contributed by atoms with Crippen molar-refractivity contribution in [3.8, 4) is 11.4 Å². The number of hydrogen-bond acceptors (Lipinski definition) is 5. The Balaban J connectivity index is 1.98. The van der Waals surface area contributed by atoms with Crippen molar-refractivity contribution in [1.82, 2.24) is 14.8 Å². The summed E-state index contributed by atoms with van der Waals surface area (Å²) in [7, 11) is 4.19. The summed E-state index contributed by atoms with van der Waals surface area (Å²) in [6.07, 6.45) is 0. The summed E-state index contributed by atoms with van der Waals surface area (Å²) in [5, 5.41) is 10.5. The van der Waals surface area contributed by atoms with Crippen LogP contribution in [0.5, 0.6) is 5.75 Å². The Hall–Kier alpha value is -2.35. The van der Waals surface area contributed by atoms with Crippen molar-refractivity contribution < 1.29 is 14.4 Å². The molecule has 1 atom stereocenters. The molecule has 8 heteroatoms. The van der Waals surface area contributed by atoms with E-state index in [1.54, 1.807) is 24.8 Å². The van der Waals surface area contributed by atoms with Crippen LogP contribution in [-0.4, -0.2) is 41.2 Å². The van der Waals surface area contributed by atoms with Gasteiger partial charge in [0.05, 0.1) is 20.7 Å². The van der Waals surface area contributed by atoms with E-state index >= 15 is 0 Å². The third-order valence-corrected chi connectivity index (χ3v) is 6.35. The normalized spacial score (nSPS) is 12.2. The highest BCUT2D eigenvalue weighted by molar-refractivity contribution is 7.98. The largest absolute Gasteiger partial charge is 0.494 e. The van der Waals surface area contributed by atoms with Crippen molar-refractivity contribution in [3.63, 3.8) is 0 Å². The lowest BCUT2D eigenvalue weighted by atomic mass is 10.1. The van der Waals surface area contributed by atoms with Gasteiger partial charge in [-0.15, -0.1) is 10.2 Å². The fourth-order valence-corrected chi connectivity index (χ4v) is 4.16. The number of halogens is 1. The zero-order chi connectivity index (χ0) is 22.5. The molecular formula is C23H28ClN4O2S+. The van der Waals surface area contributed by atoms with Crippen LogP contribution in [0.15, 0.2) is 47.6 Å². The highest BCUT2D eigenvalue weighted by atomic mass is 35.5. The van der Waals surface area contributed by atoms with Crippen LogP contribution >= 0.6 is 23.4 Å². The highest BCUT2D eigenvalue weighted by Crippen LogP contribution is 2.31. The van der Waals surface area contributed by atoms with Gasteiger partial charge in [-0.2, -0.15) is 0 Å². The van der Waals surface area contributed by atoms with Crippen LogP contribution in [0.25, 0.3) is 5.69 Å². The number of aromatic nitrogens is 3. The summed E-state index contributed by atoms with van der Waals surface area (Å²) in [6, 6.07) is 13.4. The Labute approximate surface area is 192 Å². The van der Waals surface area contributed by atoms with E-state index in [-0.39, 0.29) is 11.8 Å². The number of ketones is 1. The van der Waals surface area contributed by atoms with E-state index in [2.05, 4.69) is 35.8 Å². The van der Waals surface area contributed by atoms with Crippen molar-refractivity contribution in [1.29, 1.82) is 0 Å². The number of benzene rings is 2. The average molecular weight is 460 g/mol.